The van der Waals surface area contributed by atoms with E-state index in [9.17, 15) is 22.4 Å². The minimum Gasteiger partial charge on any atom is -0.342 e. The Hall–Kier alpha value is -2.33. The Labute approximate surface area is 178 Å². The number of fused-ring (bicyclic) bond motifs is 1. The zero-order valence-electron chi connectivity index (χ0n) is 16.7. The van der Waals surface area contributed by atoms with E-state index in [-0.39, 0.29) is 4.80 Å². The summed E-state index contributed by atoms with van der Waals surface area (Å²) < 4.78 is 40.5. The van der Waals surface area contributed by atoms with Gasteiger partial charge in [0.05, 0.1) is 10.2 Å². The van der Waals surface area contributed by atoms with Gasteiger partial charge in [-0.2, -0.15) is 4.99 Å². The summed E-state index contributed by atoms with van der Waals surface area (Å²) in [5, 5.41) is 0. The van der Waals surface area contributed by atoms with Crippen molar-refractivity contribution in [1.82, 2.24) is 9.47 Å². The number of likely N-dealkylation sites (tertiary alicyclic amines) is 1. The van der Waals surface area contributed by atoms with E-state index in [1.807, 2.05) is 0 Å². The van der Waals surface area contributed by atoms with Crippen molar-refractivity contribution >= 4 is 43.2 Å². The lowest BCUT2D eigenvalue weighted by Crippen LogP contribution is -2.41. The highest BCUT2D eigenvalue weighted by Crippen LogP contribution is 2.19. The summed E-state index contributed by atoms with van der Waals surface area (Å²) in [5.74, 6) is -2.79. The smallest absolute Gasteiger partial charge is 0.263 e. The molecule has 1 aliphatic rings. The Morgan fingerprint density at radius 3 is 2.67 bits per heavy atom. The van der Waals surface area contributed by atoms with Gasteiger partial charge in [-0.25, -0.2) is 12.8 Å². The van der Waals surface area contributed by atoms with Gasteiger partial charge in [-0.05, 0) is 37.0 Å². The van der Waals surface area contributed by atoms with E-state index in [0.29, 0.717) is 35.8 Å². The largest absolute Gasteiger partial charge is 0.342 e. The second-order valence-corrected chi connectivity index (χ2v) is 10.6. The zero-order valence-corrected chi connectivity index (χ0v) is 18.3. The van der Waals surface area contributed by atoms with E-state index in [4.69, 9.17) is 0 Å². The molecule has 1 aromatic heterocycles. The molecule has 2 aromatic rings. The van der Waals surface area contributed by atoms with Gasteiger partial charge in [0, 0.05) is 19.6 Å². The molecule has 0 radical (unpaired) electrons. The molecule has 1 aromatic carbocycles. The maximum Gasteiger partial charge on any atom is 0.263 e. The van der Waals surface area contributed by atoms with Crippen LogP contribution in [0.15, 0.2) is 35.8 Å². The molecule has 0 unspecified atom stereocenters. The van der Waals surface area contributed by atoms with E-state index in [0.717, 1.165) is 24.2 Å². The van der Waals surface area contributed by atoms with Crippen molar-refractivity contribution in [2.45, 2.75) is 26.3 Å². The standard InChI is InChI=1S/C20H24FN3O4S2/c1-3-8-24-16-5-4-15(21)11-17(16)29-20(24)22-18(25)12-30(27,28)13-19(26)23-9-6-14(2)7-10-23/h3-5,11,14H,1,6-10,12-13H2,2H3. The van der Waals surface area contributed by atoms with Gasteiger partial charge in [-0.3, -0.25) is 9.59 Å². The van der Waals surface area contributed by atoms with Gasteiger partial charge in [0.25, 0.3) is 5.91 Å². The molecule has 0 N–H and O–H groups in total. The molecule has 0 atom stereocenters. The first-order valence-corrected chi connectivity index (χ1v) is 12.3. The van der Waals surface area contributed by atoms with Crippen LogP contribution in [0.3, 0.4) is 0 Å². The first-order chi connectivity index (χ1) is 14.2. The number of thiazole rings is 1. The first kappa shape index (κ1) is 22.4. The number of piperidine rings is 1. The second kappa shape index (κ2) is 9.22. The molecule has 162 valence electrons. The van der Waals surface area contributed by atoms with Crippen LogP contribution in [0.5, 0.6) is 0 Å². The number of nitrogens with zero attached hydrogens (tertiary/aromatic N) is 3. The maximum absolute atomic E-state index is 13.5. The monoisotopic (exact) mass is 453 g/mol. The molecule has 1 saturated heterocycles. The second-order valence-electron chi connectivity index (χ2n) is 7.50. The van der Waals surface area contributed by atoms with Crippen LogP contribution in [0, 0.1) is 11.7 Å². The number of carbonyl (C=O) groups excluding carboxylic acids is 2. The van der Waals surface area contributed by atoms with Crippen molar-refractivity contribution in [3.8, 4) is 0 Å². The van der Waals surface area contributed by atoms with Gasteiger partial charge in [0.1, 0.15) is 17.3 Å². The lowest BCUT2D eigenvalue weighted by molar-refractivity contribution is -0.129. The summed E-state index contributed by atoms with van der Waals surface area (Å²) in [5.41, 5.74) is 0.671. The third-order valence-corrected chi connectivity index (χ3v) is 7.41. The number of hydrogen-bond acceptors (Lipinski definition) is 5. The highest BCUT2D eigenvalue weighted by atomic mass is 32.2. The molecule has 3 rings (SSSR count). The average Bonchev–Trinajstić information content (AvgIpc) is 2.97. The van der Waals surface area contributed by atoms with Crippen molar-refractivity contribution in [3.63, 3.8) is 0 Å². The summed E-state index contributed by atoms with van der Waals surface area (Å²) in [7, 11) is -3.94. The van der Waals surface area contributed by atoms with Crippen LogP contribution >= 0.6 is 11.3 Å². The van der Waals surface area contributed by atoms with Gasteiger partial charge in [0.15, 0.2) is 14.6 Å². The van der Waals surface area contributed by atoms with Crippen molar-refractivity contribution in [3.05, 3.63) is 41.5 Å². The molecule has 2 heterocycles. The fourth-order valence-corrected chi connectivity index (χ4v) is 5.54. The molecule has 10 heteroatoms. The predicted molar refractivity (Wildman–Crippen MR) is 114 cm³/mol. The summed E-state index contributed by atoms with van der Waals surface area (Å²) >= 11 is 1.09. The fourth-order valence-electron chi connectivity index (χ4n) is 3.35. The topological polar surface area (TPSA) is 88.8 Å². The minimum atomic E-state index is -3.94. The number of allylic oxidation sites excluding steroid dienone is 1. The minimum absolute atomic E-state index is 0.257. The number of sulfone groups is 1. The lowest BCUT2D eigenvalue weighted by Gasteiger charge is -2.30. The number of benzene rings is 1. The van der Waals surface area contributed by atoms with E-state index in [2.05, 4.69) is 18.5 Å². The van der Waals surface area contributed by atoms with Crippen molar-refractivity contribution in [2.24, 2.45) is 10.9 Å². The van der Waals surface area contributed by atoms with Crippen LogP contribution in [0.1, 0.15) is 19.8 Å². The number of hydrogen-bond donors (Lipinski definition) is 0. The molecular weight excluding hydrogens is 429 g/mol. The zero-order chi connectivity index (χ0) is 21.9. The summed E-state index contributed by atoms with van der Waals surface area (Å²) in [6, 6.07) is 4.21. The number of amides is 2. The Bertz CT molecular complexity index is 1140. The fraction of sp³-hybridized carbons (Fsp3) is 0.450. The number of carbonyl (C=O) groups is 2. The van der Waals surface area contributed by atoms with Crippen LogP contribution in [-0.4, -0.2) is 54.3 Å². The van der Waals surface area contributed by atoms with Gasteiger partial charge in [-0.15, -0.1) is 6.58 Å². The summed E-state index contributed by atoms with van der Waals surface area (Å²) in [6.07, 6.45) is 3.29. The molecule has 2 amide bonds. The predicted octanol–water partition coefficient (Wildman–Crippen LogP) is 2.13. The van der Waals surface area contributed by atoms with E-state index < -0.39 is 39.0 Å². The molecule has 0 spiro atoms. The number of halogens is 1. The van der Waals surface area contributed by atoms with Crippen LogP contribution < -0.4 is 4.80 Å². The van der Waals surface area contributed by atoms with Crippen LogP contribution in [-0.2, 0) is 26.0 Å². The van der Waals surface area contributed by atoms with Crippen molar-refractivity contribution in [2.75, 3.05) is 24.6 Å². The number of rotatable bonds is 6. The van der Waals surface area contributed by atoms with E-state index in [1.165, 1.54) is 17.0 Å². The summed E-state index contributed by atoms with van der Waals surface area (Å²) in [4.78, 5) is 30.4. The van der Waals surface area contributed by atoms with Gasteiger partial charge >= 0.3 is 0 Å². The van der Waals surface area contributed by atoms with Crippen LogP contribution in [0.25, 0.3) is 10.2 Å². The van der Waals surface area contributed by atoms with E-state index in [1.54, 1.807) is 16.7 Å². The molecule has 0 bridgehead atoms. The van der Waals surface area contributed by atoms with Crippen molar-refractivity contribution < 1.29 is 22.4 Å². The highest BCUT2D eigenvalue weighted by Gasteiger charge is 2.26. The third kappa shape index (κ3) is 5.42. The molecule has 0 aliphatic carbocycles. The van der Waals surface area contributed by atoms with Gasteiger partial charge < -0.3 is 9.47 Å². The summed E-state index contributed by atoms with van der Waals surface area (Å²) in [6.45, 7) is 7.16. The SMILES string of the molecule is C=CCn1c(=NC(=O)CS(=O)(=O)CC(=O)N2CCC(C)CC2)sc2cc(F)ccc21. The van der Waals surface area contributed by atoms with Gasteiger partial charge in [0.2, 0.25) is 5.91 Å². The molecular formula is C20H24FN3O4S2. The number of aromatic nitrogens is 1. The third-order valence-electron chi connectivity index (χ3n) is 5.00. The molecule has 7 nitrogen and oxygen atoms in total. The molecule has 1 aliphatic heterocycles. The molecule has 0 saturated carbocycles. The molecule has 30 heavy (non-hydrogen) atoms. The molecule has 1 fully saturated rings. The first-order valence-electron chi connectivity index (χ1n) is 9.64. The highest BCUT2D eigenvalue weighted by molar-refractivity contribution is 7.92. The van der Waals surface area contributed by atoms with Crippen LogP contribution in [0.2, 0.25) is 0 Å². The average molecular weight is 454 g/mol. The Balaban J connectivity index is 1.76. The van der Waals surface area contributed by atoms with E-state index >= 15 is 0 Å². The van der Waals surface area contributed by atoms with Crippen molar-refractivity contribution in [1.29, 1.82) is 0 Å². The maximum atomic E-state index is 13.5. The van der Waals surface area contributed by atoms with Gasteiger partial charge in [-0.1, -0.05) is 24.3 Å². The quantitative estimate of drug-likeness (QED) is 0.627. The Kier molecular flexibility index (Phi) is 6.87. The van der Waals surface area contributed by atoms with Crippen LogP contribution in [0.4, 0.5) is 4.39 Å². The Morgan fingerprint density at radius 1 is 1.30 bits per heavy atom. The Morgan fingerprint density at radius 2 is 2.00 bits per heavy atom. The normalized spacial score (nSPS) is 16.2. The lowest BCUT2D eigenvalue weighted by atomic mass is 9.99.